The lowest BCUT2D eigenvalue weighted by Gasteiger charge is -2.28. The van der Waals surface area contributed by atoms with E-state index in [1.165, 1.54) is 6.07 Å². The van der Waals surface area contributed by atoms with Gasteiger partial charge in [0.15, 0.2) is 0 Å². The minimum Gasteiger partial charge on any atom is -0.508 e. The third-order valence-corrected chi connectivity index (χ3v) is 3.56. The van der Waals surface area contributed by atoms with Crippen molar-refractivity contribution in [3.63, 3.8) is 0 Å². The molecule has 0 saturated carbocycles. The molecule has 0 radical (unpaired) electrons. The number of nitrogens with one attached hydrogen (secondary N) is 2. The van der Waals surface area contributed by atoms with Gasteiger partial charge in [0.1, 0.15) is 5.75 Å². The van der Waals surface area contributed by atoms with Crippen LogP contribution in [0.1, 0.15) is 30.1 Å². The number of phenols is 1. The zero-order valence-electron chi connectivity index (χ0n) is 10.6. The molecule has 1 saturated heterocycles. The van der Waals surface area contributed by atoms with Gasteiger partial charge in [-0.2, -0.15) is 0 Å². The summed E-state index contributed by atoms with van der Waals surface area (Å²) in [7, 11) is 0. The molecule has 1 atom stereocenters. The number of carbonyl (C=O) groups excluding carboxylic acids is 1. The first-order valence-electron chi connectivity index (χ1n) is 6.47. The first-order valence-corrected chi connectivity index (χ1v) is 6.47. The summed E-state index contributed by atoms with van der Waals surface area (Å²) in [5.74, 6) is 0.543. The second-order valence-corrected chi connectivity index (χ2v) is 4.90. The van der Waals surface area contributed by atoms with E-state index in [2.05, 4.69) is 17.6 Å². The van der Waals surface area contributed by atoms with Crippen LogP contribution in [0.3, 0.4) is 0 Å². The van der Waals surface area contributed by atoms with E-state index in [1.54, 1.807) is 18.2 Å². The normalized spacial score (nSPS) is 18.3. The van der Waals surface area contributed by atoms with Crippen LogP contribution >= 0.6 is 0 Å². The number of phenolic OH excluding ortho intramolecular Hbond substituents is 1. The maximum atomic E-state index is 12.0. The van der Waals surface area contributed by atoms with Crippen molar-refractivity contribution in [3.8, 4) is 5.75 Å². The minimum atomic E-state index is -0.114. The Balaban J connectivity index is 1.94. The lowest BCUT2D eigenvalue weighted by atomic mass is 9.91. The van der Waals surface area contributed by atoms with Crippen molar-refractivity contribution in [1.82, 2.24) is 10.6 Å². The maximum absolute atomic E-state index is 12.0. The number of benzene rings is 1. The third kappa shape index (κ3) is 3.23. The number of carbonyl (C=O) groups is 1. The molecule has 0 bridgehead atoms. The Bertz CT molecular complexity index is 414. The van der Waals surface area contributed by atoms with Gasteiger partial charge in [-0.05, 0) is 57.0 Å². The predicted octanol–water partition coefficient (Wildman–Crippen LogP) is 1.51. The zero-order valence-corrected chi connectivity index (χ0v) is 10.6. The Hall–Kier alpha value is -1.55. The molecule has 1 aromatic carbocycles. The quantitative estimate of drug-likeness (QED) is 0.760. The van der Waals surface area contributed by atoms with E-state index in [9.17, 15) is 9.90 Å². The molecule has 4 nitrogen and oxygen atoms in total. The number of piperidine rings is 1. The first-order chi connectivity index (χ1) is 8.66. The summed E-state index contributed by atoms with van der Waals surface area (Å²) < 4.78 is 0. The largest absolute Gasteiger partial charge is 0.508 e. The van der Waals surface area contributed by atoms with E-state index in [0.717, 1.165) is 25.9 Å². The summed E-state index contributed by atoms with van der Waals surface area (Å²) in [5, 5.41) is 15.7. The molecule has 0 aromatic heterocycles. The lowest BCUT2D eigenvalue weighted by Crippen LogP contribution is -2.42. The van der Waals surface area contributed by atoms with Gasteiger partial charge in [-0.1, -0.05) is 6.07 Å². The highest BCUT2D eigenvalue weighted by atomic mass is 16.3. The molecule has 1 fully saturated rings. The van der Waals surface area contributed by atoms with Gasteiger partial charge in [-0.3, -0.25) is 4.79 Å². The number of rotatable bonds is 3. The minimum absolute atomic E-state index is 0.114. The standard InChI is InChI=1S/C14H20N2O2/c1-10(11-5-7-15-8-6-11)16-14(18)12-3-2-4-13(17)9-12/h2-4,9-11,15,17H,5-8H2,1H3,(H,16,18). The van der Waals surface area contributed by atoms with E-state index in [1.807, 2.05) is 0 Å². The van der Waals surface area contributed by atoms with E-state index in [-0.39, 0.29) is 17.7 Å². The molecule has 18 heavy (non-hydrogen) atoms. The second kappa shape index (κ2) is 5.87. The fraction of sp³-hybridized carbons (Fsp3) is 0.500. The summed E-state index contributed by atoms with van der Waals surface area (Å²) in [6, 6.07) is 6.61. The predicted molar refractivity (Wildman–Crippen MR) is 70.6 cm³/mol. The van der Waals surface area contributed by atoms with Crippen LogP contribution < -0.4 is 10.6 Å². The highest BCUT2D eigenvalue weighted by Crippen LogP contribution is 2.17. The fourth-order valence-electron chi connectivity index (χ4n) is 2.40. The van der Waals surface area contributed by atoms with Gasteiger partial charge in [0.25, 0.3) is 5.91 Å². The van der Waals surface area contributed by atoms with Crippen molar-refractivity contribution >= 4 is 5.91 Å². The van der Waals surface area contributed by atoms with Crippen molar-refractivity contribution in [1.29, 1.82) is 0 Å². The Labute approximate surface area is 107 Å². The third-order valence-electron chi connectivity index (χ3n) is 3.56. The van der Waals surface area contributed by atoms with Crippen LogP contribution in [0.25, 0.3) is 0 Å². The number of aromatic hydroxyl groups is 1. The molecule has 1 aliphatic heterocycles. The zero-order chi connectivity index (χ0) is 13.0. The van der Waals surface area contributed by atoms with Crippen molar-refractivity contribution in [3.05, 3.63) is 29.8 Å². The first kappa shape index (κ1) is 12.9. The summed E-state index contributed by atoms with van der Waals surface area (Å²) in [4.78, 5) is 12.0. The van der Waals surface area contributed by atoms with Gasteiger partial charge in [0.2, 0.25) is 0 Å². The van der Waals surface area contributed by atoms with Crippen LogP contribution in [-0.4, -0.2) is 30.1 Å². The molecule has 0 aliphatic carbocycles. The smallest absolute Gasteiger partial charge is 0.251 e. The van der Waals surface area contributed by atoms with Crippen molar-refractivity contribution in [2.24, 2.45) is 5.92 Å². The second-order valence-electron chi connectivity index (χ2n) is 4.90. The number of hydrogen-bond acceptors (Lipinski definition) is 3. The van der Waals surface area contributed by atoms with Gasteiger partial charge < -0.3 is 15.7 Å². The molecule has 3 N–H and O–H groups in total. The van der Waals surface area contributed by atoms with Crippen LogP contribution in [0.5, 0.6) is 5.75 Å². The molecule has 2 rings (SSSR count). The van der Waals surface area contributed by atoms with E-state index < -0.39 is 0 Å². The molecular formula is C14H20N2O2. The van der Waals surface area contributed by atoms with E-state index in [0.29, 0.717) is 11.5 Å². The number of hydrogen-bond donors (Lipinski definition) is 3. The molecule has 1 aliphatic rings. The van der Waals surface area contributed by atoms with E-state index in [4.69, 9.17) is 0 Å². The molecule has 1 heterocycles. The van der Waals surface area contributed by atoms with Crippen LogP contribution in [0, 0.1) is 5.92 Å². The summed E-state index contributed by atoms with van der Waals surface area (Å²) in [6.07, 6.45) is 2.20. The van der Waals surface area contributed by atoms with Crippen LogP contribution in [0.4, 0.5) is 0 Å². The Morgan fingerprint density at radius 1 is 1.44 bits per heavy atom. The highest BCUT2D eigenvalue weighted by molar-refractivity contribution is 5.94. The molecule has 1 aromatic rings. The molecule has 1 unspecified atom stereocenters. The van der Waals surface area contributed by atoms with Crippen molar-refractivity contribution in [2.45, 2.75) is 25.8 Å². The van der Waals surface area contributed by atoms with Crippen LogP contribution in [0.15, 0.2) is 24.3 Å². The molecule has 0 spiro atoms. The average molecular weight is 248 g/mol. The van der Waals surface area contributed by atoms with Gasteiger partial charge in [-0.25, -0.2) is 0 Å². The van der Waals surface area contributed by atoms with E-state index >= 15 is 0 Å². The fourth-order valence-corrected chi connectivity index (χ4v) is 2.40. The maximum Gasteiger partial charge on any atom is 0.251 e. The van der Waals surface area contributed by atoms with Gasteiger partial charge in [0.05, 0.1) is 0 Å². The monoisotopic (exact) mass is 248 g/mol. The summed E-state index contributed by atoms with van der Waals surface area (Å²) in [6.45, 7) is 4.10. The topological polar surface area (TPSA) is 61.4 Å². The summed E-state index contributed by atoms with van der Waals surface area (Å²) in [5.41, 5.74) is 0.510. The van der Waals surface area contributed by atoms with Gasteiger partial charge in [0, 0.05) is 11.6 Å². The number of amides is 1. The Morgan fingerprint density at radius 3 is 2.83 bits per heavy atom. The summed E-state index contributed by atoms with van der Waals surface area (Å²) >= 11 is 0. The highest BCUT2D eigenvalue weighted by Gasteiger charge is 2.21. The SMILES string of the molecule is CC(NC(=O)c1cccc(O)c1)C1CCNCC1. The van der Waals surface area contributed by atoms with Crippen LogP contribution in [0.2, 0.25) is 0 Å². The molecular weight excluding hydrogens is 228 g/mol. The van der Waals surface area contributed by atoms with Crippen LogP contribution in [-0.2, 0) is 0 Å². The lowest BCUT2D eigenvalue weighted by molar-refractivity contribution is 0.0920. The molecule has 4 heteroatoms. The average Bonchev–Trinajstić information content (AvgIpc) is 2.39. The van der Waals surface area contributed by atoms with Gasteiger partial charge >= 0.3 is 0 Å². The van der Waals surface area contributed by atoms with Crippen molar-refractivity contribution < 1.29 is 9.90 Å². The molecule has 1 amide bonds. The Morgan fingerprint density at radius 2 is 2.17 bits per heavy atom. The molecule has 98 valence electrons. The van der Waals surface area contributed by atoms with Crippen molar-refractivity contribution in [2.75, 3.05) is 13.1 Å². The Kier molecular flexibility index (Phi) is 4.20. The van der Waals surface area contributed by atoms with Gasteiger partial charge in [-0.15, -0.1) is 0 Å².